The van der Waals surface area contributed by atoms with Crippen LogP contribution in [0.2, 0.25) is 5.02 Å². The van der Waals surface area contributed by atoms with E-state index in [2.05, 4.69) is 62.8 Å². The van der Waals surface area contributed by atoms with Crippen LogP contribution in [0.4, 0.5) is 5.69 Å². The first-order valence-corrected chi connectivity index (χ1v) is 10.2. The molecule has 0 aliphatic carbocycles. The third kappa shape index (κ3) is 2.73. The van der Waals surface area contributed by atoms with Crippen molar-refractivity contribution in [2.45, 2.75) is 0 Å². The van der Waals surface area contributed by atoms with Gasteiger partial charge in [-0.15, -0.1) is 0 Å². The topological polar surface area (TPSA) is 52.2 Å². The summed E-state index contributed by atoms with van der Waals surface area (Å²) in [4.78, 5) is 8.66. The lowest BCUT2D eigenvalue weighted by atomic mass is 10.1. The zero-order valence-electron chi connectivity index (χ0n) is 16.1. The number of fused-ring (bicyclic) bond motifs is 4. The minimum atomic E-state index is 0.719. The lowest BCUT2D eigenvalue weighted by Crippen LogP contribution is -2.48. The first kappa shape index (κ1) is 17.7. The summed E-state index contributed by atoms with van der Waals surface area (Å²) in [7, 11) is 2.14. The second-order valence-electron chi connectivity index (χ2n) is 7.58. The molecule has 1 fully saturated rings. The molecule has 3 N–H and O–H groups in total. The fourth-order valence-corrected chi connectivity index (χ4v) is 4.77. The summed E-state index contributed by atoms with van der Waals surface area (Å²) in [5, 5.41) is 3.21. The van der Waals surface area contributed by atoms with Crippen molar-refractivity contribution in [1.82, 2.24) is 9.88 Å². The third-order valence-corrected chi connectivity index (χ3v) is 6.19. The van der Waals surface area contributed by atoms with Crippen LogP contribution in [0.1, 0.15) is 0 Å². The number of aryl methyl sites for hydroxylation is 1. The van der Waals surface area contributed by atoms with Gasteiger partial charge in [0, 0.05) is 50.4 Å². The molecule has 6 heteroatoms. The van der Waals surface area contributed by atoms with E-state index in [4.69, 9.17) is 17.3 Å². The number of H-pyrrole nitrogens is 1. The Balaban J connectivity index is 1.77. The Morgan fingerprint density at radius 2 is 1.86 bits per heavy atom. The average Bonchev–Trinajstić information content (AvgIpc) is 3.08. The van der Waals surface area contributed by atoms with Gasteiger partial charge in [-0.25, -0.2) is 0 Å². The third-order valence-electron chi connectivity index (χ3n) is 5.96. The van der Waals surface area contributed by atoms with Crippen molar-refractivity contribution in [3.05, 3.63) is 47.5 Å². The molecule has 1 aliphatic heterocycles. The number of hydrogen-bond donors (Lipinski definition) is 2. The monoisotopic (exact) mass is 394 g/mol. The van der Waals surface area contributed by atoms with Crippen LogP contribution in [0.25, 0.3) is 32.8 Å². The molecule has 0 bridgehead atoms. The number of halogens is 1. The summed E-state index contributed by atoms with van der Waals surface area (Å²) in [6, 6.07) is 14.8. The summed E-state index contributed by atoms with van der Waals surface area (Å²) in [5.74, 6) is 0. The number of hydrogen-bond acceptors (Lipinski definition) is 3. The van der Waals surface area contributed by atoms with E-state index >= 15 is 0 Å². The van der Waals surface area contributed by atoms with Crippen molar-refractivity contribution >= 4 is 50.1 Å². The predicted molar refractivity (Wildman–Crippen MR) is 117 cm³/mol. The number of aromatic amines is 1. The molecule has 5 rings (SSSR count). The second kappa shape index (κ2) is 6.92. The Morgan fingerprint density at radius 3 is 2.64 bits per heavy atom. The summed E-state index contributed by atoms with van der Waals surface area (Å²) in [5.41, 5.74) is 11.8. The molecule has 2 aromatic carbocycles. The molecule has 1 saturated heterocycles. The van der Waals surface area contributed by atoms with Crippen LogP contribution in [-0.2, 0) is 7.05 Å². The van der Waals surface area contributed by atoms with Gasteiger partial charge in [0.05, 0.1) is 22.0 Å². The van der Waals surface area contributed by atoms with Gasteiger partial charge in [-0.1, -0.05) is 23.7 Å². The van der Waals surface area contributed by atoms with Gasteiger partial charge in [-0.05, 0) is 24.3 Å². The van der Waals surface area contributed by atoms with E-state index in [1.807, 2.05) is 6.07 Å². The molecular weight excluding hydrogens is 370 g/mol. The molecule has 5 nitrogen and oxygen atoms in total. The van der Waals surface area contributed by atoms with Crippen molar-refractivity contribution in [2.75, 3.05) is 44.2 Å². The summed E-state index contributed by atoms with van der Waals surface area (Å²) in [6.45, 7) is 5.78. The molecule has 144 valence electrons. The highest BCUT2D eigenvalue weighted by Crippen LogP contribution is 2.36. The molecule has 4 aromatic rings. The number of anilines is 1. The Morgan fingerprint density at radius 1 is 1.07 bits per heavy atom. The van der Waals surface area contributed by atoms with Gasteiger partial charge in [-0.2, -0.15) is 4.57 Å². The fourth-order valence-electron chi connectivity index (χ4n) is 4.60. The van der Waals surface area contributed by atoms with Crippen LogP contribution in [0, 0.1) is 0 Å². The minimum Gasteiger partial charge on any atom is -0.366 e. The normalized spacial score (nSPS) is 15.9. The van der Waals surface area contributed by atoms with Gasteiger partial charge >= 0.3 is 0 Å². The number of nitrogens with zero attached hydrogens (tertiary/aromatic N) is 3. The Bertz CT molecular complexity index is 1170. The number of nitrogens with one attached hydrogen (secondary N) is 1. The summed E-state index contributed by atoms with van der Waals surface area (Å²) in [6.07, 6.45) is 0. The number of benzene rings is 2. The molecule has 0 unspecified atom stereocenters. The fraction of sp³-hybridized carbons (Fsp3) is 0.318. The van der Waals surface area contributed by atoms with E-state index in [0.717, 1.165) is 49.8 Å². The van der Waals surface area contributed by atoms with Crippen LogP contribution in [-0.4, -0.2) is 49.2 Å². The maximum atomic E-state index is 6.33. The summed E-state index contributed by atoms with van der Waals surface area (Å²) < 4.78 is 2.29. The molecule has 0 atom stereocenters. The zero-order valence-corrected chi connectivity index (χ0v) is 16.8. The van der Waals surface area contributed by atoms with E-state index < -0.39 is 0 Å². The van der Waals surface area contributed by atoms with Gasteiger partial charge in [0.15, 0.2) is 0 Å². The van der Waals surface area contributed by atoms with Crippen LogP contribution < -0.4 is 15.2 Å². The van der Waals surface area contributed by atoms with E-state index in [-0.39, 0.29) is 0 Å². The van der Waals surface area contributed by atoms with Gasteiger partial charge in [0.1, 0.15) is 12.6 Å². The van der Waals surface area contributed by atoms with Crippen molar-refractivity contribution < 1.29 is 4.57 Å². The molecule has 0 spiro atoms. The maximum Gasteiger partial charge on any atom is 0.240 e. The number of rotatable bonds is 3. The van der Waals surface area contributed by atoms with Gasteiger partial charge in [0.25, 0.3) is 0 Å². The van der Waals surface area contributed by atoms with E-state index in [1.54, 1.807) is 0 Å². The first-order valence-electron chi connectivity index (χ1n) is 9.86. The molecule has 2 aromatic heterocycles. The molecule has 28 heavy (non-hydrogen) atoms. The highest BCUT2D eigenvalue weighted by molar-refractivity contribution is 6.31. The Kier molecular flexibility index (Phi) is 4.38. The Labute approximate surface area is 169 Å². The van der Waals surface area contributed by atoms with Crippen LogP contribution in [0.3, 0.4) is 0 Å². The first-order chi connectivity index (χ1) is 13.7. The van der Waals surface area contributed by atoms with Crippen molar-refractivity contribution in [2.24, 2.45) is 12.8 Å². The molecule has 0 radical (unpaired) electrons. The predicted octanol–water partition coefficient (Wildman–Crippen LogP) is 3.03. The lowest BCUT2D eigenvalue weighted by molar-refractivity contribution is -0.616. The molecule has 0 amide bonds. The highest BCUT2D eigenvalue weighted by atomic mass is 35.5. The molecule has 0 saturated carbocycles. The van der Waals surface area contributed by atoms with E-state index in [1.165, 1.54) is 33.0 Å². The van der Waals surface area contributed by atoms with Crippen molar-refractivity contribution in [3.63, 3.8) is 0 Å². The lowest BCUT2D eigenvalue weighted by Gasteiger charge is -2.36. The number of aromatic nitrogens is 2. The molecular formula is C22H25ClN5+. The molecule has 1 aliphatic rings. The smallest absolute Gasteiger partial charge is 0.240 e. The minimum absolute atomic E-state index is 0.719. The van der Waals surface area contributed by atoms with Gasteiger partial charge < -0.3 is 15.6 Å². The number of piperazine rings is 1. The van der Waals surface area contributed by atoms with Gasteiger partial charge in [-0.3, -0.25) is 4.90 Å². The largest absolute Gasteiger partial charge is 0.366 e. The van der Waals surface area contributed by atoms with Crippen LogP contribution in [0.5, 0.6) is 0 Å². The van der Waals surface area contributed by atoms with Crippen molar-refractivity contribution in [3.8, 4) is 0 Å². The second-order valence-corrected chi connectivity index (χ2v) is 8.02. The molecule has 3 heterocycles. The van der Waals surface area contributed by atoms with E-state index in [9.17, 15) is 0 Å². The maximum absolute atomic E-state index is 6.33. The standard InChI is InChI=1S/C22H24ClN5/c1-26-19-5-3-2-4-16(19)22(28-12-10-27(9-8-24)11-13-28)20-21(26)17-14-15(23)6-7-18(17)25-20/h2-7,14H,8-13,24H2,1H3/p+1. The zero-order chi connectivity index (χ0) is 19.3. The van der Waals surface area contributed by atoms with E-state index in [0.29, 0.717) is 0 Å². The quantitative estimate of drug-likeness (QED) is 0.525. The number of nitrogens with two attached hydrogens (primary N) is 1. The highest BCUT2D eigenvalue weighted by Gasteiger charge is 2.27. The number of pyridine rings is 1. The summed E-state index contributed by atoms with van der Waals surface area (Å²) >= 11 is 6.33. The van der Waals surface area contributed by atoms with Crippen LogP contribution >= 0.6 is 11.6 Å². The number of para-hydroxylation sites is 1. The van der Waals surface area contributed by atoms with Crippen molar-refractivity contribution in [1.29, 1.82) is 0 Å². The van der Waals surface area contributed by atoms with Gasteiger partial charge in [0.2, 0.25) is 11.0 Å². The van der Waals surface area contributed by atoms with Crippen LogP contribution in [0.15, 0.2) is 42.5 Å². The SMILES string of the molecule is C[n+]1c2ccccc2c(N2CCN(CCN)CC2)c2[nH]c3ccc(Cl)cc3c21. The average molecular weight is 395 g/mol. The Hall–Kier alpha value is -2.34.